The molecule has 0 radical (unpaired) electrons. The van der Waals surface area contributed by atoms with Crippen molar-refractivity contribution in [3.05, 3.63) is 30.1 Å². The lowest BCUT2D eigenvalue weighted by molar-refractivity contribution is -0.136. The van der Waals surface area contributed by atoms with Gasteiger partial charge in [0.2, 0.25) is 5.91 Å². The Morgan fingerprint density at radius 3 is 2.44 bits per heavy atom. The first kappa shape index (κ1) is 18.7. The van der Waals surface area contributed by atoms with Crippen LogP contribution in [0.3, 0.4) is 0 Å². The third-order valence-corrected chi connectivity index (χ3v) is 6.67. The molecule has 0 bridgehead atoms. The quantitative estimate of drug-likeness (QED) is 0.809. The summed E-state index contributed by atoms with van der Waals surface area (Å²) in [5, 5.41) is 0. The molecular formula is C22H32FN3O. The van der Waals surface area contributed by atoms with E-state index in [0.717, 1.165) is 44.6 Å². The van der Waals surface area contributed by atoms with Crippen LogP contribution in [0.4, 0.5) is 10.1 Å². The fourth-order valence-corrected chi connectivity index (χ4v) is 5.50. The van der Waals surface area contributed by atoms with Crippen molar-refractivity contribution < 1.29 is 9.18 Å². The molecule has 0 unspecified atom stereocenters. The normalized spacial score (nSPS) is 28.3. The van der Waals surface area contributed by atoms with Gasteiger partial charge in [0.25, 0.3) is 0 Å². The predicted octanol–water partition coefficient (Wildman–Crippen LogP) is 3.66. The largest absolute Gasteiger partial charge is 0.361 e. The van der Waals surface area contributed by atoms with E-state index in [1.165, 1.54) is 19.3 Å². The molecule has 0 spiro atoms. The van der Waals surface area contributed by atoms with Gasteiger partial charge in [0.05, 0.1) is 18.6 Å². The number of piperidine rings is 2. The molecule has 0 saturated carbocycles. The van der Waals surface area contributed by atoms with Crippen molar-refractivity contribution in [1.29, 1.82) is 0 Å². The first-order chi connectivity index (χ1) is 13.0. The second-order valence-electron chi connectivity index (χ2n) is 9.06. The van der Waals surface area contributed by atoms with E-state index in [-0.39, 0.29) is 17.4 Å². The molecule has 1 aromatic rings. The number of carbonyl (C=O) groups excluding carboxylic acids is 1. The van der Waals surface area contributed by atoms with E-state index in [2.05, 4.69) is 28.5 Å². The zero-order valence-electron chi connectivity index (χ0n) is 16.7. The maximum Gasteiger partial charge on any atom is 0.237 e. The van der Waals surface area contributed by atoms with E-state index < -0.39 is 0 Å². The van der Waals surface area contributed by atoms with Crippen LogP contribution in [0.5, 0.6) is 0 Å². The molecule has 3 fully saturated rings. The number of fused-ring (bicyclic) bond motifs is 1. The highest BCUT2D eigenvalue weighted by Gasteiger charge is 2.50. The molecule has 3 saturated heterocycles. The number of benzene rings is 1. The molecule has 1 amide bonds. The molecule has 4 rings (SSSR count). The zero-order chi connectivity index (χ0) is 19.0. The number of rotatable bonds is 3. The Morgan fingerprint density at radius 1 is 1.04 bits per heavy atom. The number of carbonyl (C=O) groups is 1. The van der Waals surface area contributed by atoms with Crippen LogP contribution in [0.1, 0.15) is 52.4 Å². The van der Waals surface area contributed by atoms with Gasteiger partial charge in [-0.3, -0.25) is 9.69 Å². The summed E-state index contributed by atoms with van der Waals surface area (Å²) >= 11 is 0. The molecule has 148 valence electrons. The minimum absolute atomic E-state index is 0.0405. The fraction of sp³-hybridized carbons (Fsp3) is 0.682. The number of hydrogen-bond donors (Lipinski definition) is 0. The van der Waals surface area contributed by atoms with Gasteiger partial charge in [-0.25, -0.2) is 4.39 Å². The van der Waals surface area contributed by atoms with Gasteiger partial charge >= 0.3 is 0 Å². The molecule has 2 atom stereocenters. The lowest BCUT2D eigenvalue weighted by Crippen LogP contribution is -2.55. The van der Waals surface area contributed by atoms with Crippen LogP contribution < -0.4 is 4.90 Å². The molecule has 3 aliphatic rings. The Balaban J connectivity index is 1.52. The van der Waals surface area contributed by atoms with Gasteiger partial charge in [-0.15, -0.1) is 0 Å². The Labute approximate surface area is 162 Å². The summed E-state index contributed by atoms with van der Waals surface area (Å²) < 4.78 is 13.4. The molecule has 4 nitrogen and oxygen atoms in total. The molecule has 3 aliphatic heterocycles. The second-order valence-corrected chi connectivity index (χ2v) is 9.06. The summed E-state index contributed by atoms with van der Waals surface area (Å²) in [6.45, 7) is 8.06. The standard InChI is InChI=1S/C22H32FN3O/c1-22(2)15-20-19(26(22)18-10-8-17(23)9-11-18)7-6-14-25(20)21(27)16-24-12-4-3-5-13-24/h8-11,19-20H,3-7,12-16H2,1-2H3/t19-,20-/m0/s1. The summed E-state index contributed by atoms with van der Waals surface area (Å²) in [5.74, 6) is 0.0950. The highest BCUT2D eigenvalue weighted by Crippen LogP contribution is 2.43. The van der Waals surface area contributed by atoms with Crippen molar-refractivity contribution in [2.45, 2.75) is 70.0 Å². The van der Waals surface area contributed by atoms with E-state index in [1.54, 1.807) is 12.1 Å². The minimum atomic E-state index is -0.200. The Kier molecular flexibility index (Phi) is 5.15. The second kappa shape index (κ2) is 7.42. The average molecular weight is 374 g/mol. The SMILES string of the molecule is CC1(C)C[C@H]2[C@H](CCCN2C(=O)CN2CCCCC2)N1c1ccc(F)cc1. The number of anilines is 1. The van der Waals surface area contributed by atoms with Gasteiger partial charge in [-0.1, -0.05) is 6.42 Å². The third kappa shape index (κ3) is 3.71. The summed E-state index contributed by atoms with van der Waals surface area (Å²) in [5.41, 5.74) is 1.03. The summed E-state index contributed by atoms with van der Waals surface area (Å²) in [6.07, 6.45) is 6.83. The van der Waals surface area contributed by atoms with Crippen LogP contribution in [-0.4, -0.2) is 59.5 Å². The first-order valence-corrected chi connectivity index (χ1v) is 10.5. The number of likely N-dealkylation sites (tertiary alicyclic amines) is 2. The van der Waals surface area contributed by atoms with Crippen molar-refractivity contribution in [3.8, 4) is 0 Å². The number of nitrogens with zero attached hydrogens (tertiary/aromatic N) is 3. The molecule has 0 aliphatic carbocycles. The van der Waals surface area contributed by atoms with Crippen LogP contribution in [0.15, 0.2) is 24.3 Å². The van der Waals surface area contributed by atoms with E-state index in [9.17, 15) is 9.18 Å². The Bertz CT molecular complexity index is 669. The average Bonchev–Trinajstić information content (AvgIpc) is 2.93. The highest BCUT2D eigenvalue weighted by molar-refractivity contribution is 5.79. The van der Waals surface area contributed by atoms with Crippen LogP contribution in [0.2, 0.25) is 0 Å². The summed E-state index contributed by atoms with van der Waals surface area (Å²) in [6, 6.07) is 7.43. The number of halogens is 1. The molecular weight excluding hydrogens is 341 g/mol. The van der Waals surface area contributed by atoms with Crippen molar-refractivity contribution in [3.63, 3.8) is 0 Å². The van der Waals surface area contributed by atoms with Gasteiger partial charge in [-0.2, -0.15) is 0 Å². The first-order valence-electron chi connectivity index (χ1n) is 10.5. The lowest BCUT2D eigenvalue weighted by Gasteiger charge is -2.43. The van der Waals surface area contributed by atoms with Gasteiger partial charge < -0.3 is 9.80 Å². The number of hydrogen-bond acceptors (Lipinski definition) is 3. The van der Waals surface area contributed by atoms with E-state index in [1.807, 2.05) is 12.1 Å². The van der Waals surface area contributed by atoms with Crippen LogP contribution in [0.25, 0.3) is 0 Å². The van der Waals surface area contributed by atoms with Crippen LogP contribution >= 0.6 is 0 Å². The van der Waals surface area contributed by atoms with Gasteiger partial charge in [-0.05, 0) is 83.3 Å². The van der Waals surface area contributed by atoms with E-state index in [4.69, 9.17) is 0 Å². The highest BCUT2D eigenvalue weighted by atomic mass is 19.1. The fourth-order valence-electron chi connectivity index (χ4n) is 5.50. The minimum Gasteiger partial charge on any atom is -0.361 e. The molecule has 5 heteroatoms. The van der Waals surface area contributed by atoms with Crippen LogP contribution in [0, 0.1) is 5.82 Å². The smallest absolute Gasteiger partial charge is 0.237 e. The van der Waals surface area contributed by atoms with Crippen LogP contribution in [-0.2, 0) is 4.79 Å². The predicted molar refractivity (Wildman–Crippen MR) is 106 cm³/mol. The van der Waals surface area contributed by atoms with Crippen molar-refractivity contribution in [2.75, 3.05) is 31.1 Å². The van der Waals surface area contributed by atoms with Gasteiger partial charge in [0.1, 0.15) is 5.82 Å². The lowest BCUT2D eigenvalue weighted by atomic mass is 9.94. The molecule has 0 aromatic heterocycles. The molecule has 0 N–H and O–H groups in total. The van der Waals surface area contributed by atoms with Crippen molar-refractivity contribution >= 4 is 11.6 Å². The van der Waals surface area contributed by atoms with Crippen molar-refractivity contribution in [2.24, 2.45) is 0 Å². The number of amides is 1. The molecule has 1 aromatic carbocycles. The monoisotopic (exact) mass is 373 g/mol. The van der Waals surface area contributed by atoms with Gasteiger partial charge in [0, 0.05) is 17.8 Å². The zero-order valence-corrected chi connectivity index (χ0v) is 16.7. The third-order valence-electron chi connectivity index (χ3n) is 6.67. The van der Waals surface area contributed by atoms with E-state index in [0.29, 0.717) is 18.5 Å². The van der Waals surface area contributed by atoms with E-state index >= 15 is 0 Å². The molecule has 3 heterocycles. The maximum absolute atomic E-state index is 13.4. The maximum atomic E-state index is 13.4. The van der Waals surface area contributed by atoms with Crippen molar-refractivity contribution in [1.82, 2.24) is 9.80 Å². The van der Waals surface area contributed by atoms with Gasteiger partial charge in [0.15, 0.2) is 0 Å². The topological polar surface area (TPSA) is 26.8 Å². The summed E-state index contributed by atoms with van der Waals surface area (Å²) in [7, 11) is 0. The Hall–Kier alpha value is -1.62. The molecule has 27 heavy (non-hydrogen) atoms. The summed E-state index contributed by atoms with van der Waals surface area (Å²) in [4.78, 5) is 20.1. The Morgan fingerprint density at radius 2 is 1.74 bits per heavy atom.